The van der Waals surface area contributed by atoms with Gasteiger partial charge in [-0.05, 0) is 30.7 Å². The molecule has 0 fully saturated rings. The van der Waals surface area contributed by atoms with Crippen LogP contribution in [0.25, 0.3) is 0 Å². The molecule has 0 bridgehead atoms. The second-order valence-corrected chi connectivity index (χ2v) is 3.69. The number of rotatable bonds is 6. The highest BCUT2D eigenvalue weighted by molar-refractivity contribution is 5.64. The standard InChI is InChI=1S/C12H18N2O3/c1-2-7-14(12(15)16)8-9-17-11-5-3-10(13)4-6-11/h3-6H,2,7-9,13H2,1H3,(H,15,16). The number of carbonyl (C=O) groups is 1. The van der Waals surface area contributed by atoms with E-state index in [9.17, 15) is 4.79 Å². The molecule has 0 aliphatic carbocycles. The summed E-state index contributed by atoms with van der Waals surface area (Å²) in [4.78, 5) is 12.2. The van der Waals surface area contributed by atoms with Gasteiger partial charge in [-0.2, -0.15) is 0 Å². The van der Waals surface area contributed by atoms with Gasteiger partial charge in [0.05, 0.1) is 6.54 Å². The third-order valence-electron chi connectivity index (χ3n) is 2.27. The Morgan fingerprint density at radius 2 is 2.00 bits per heavy atom. The van der Waals surface area contributed by atoms with Crippen molar-refractivity contribution in [3.05, 3.63) is 24.3 Å². The highest BCUT2D eigenvalue weighted by Crippen LogP contribution is 2.12. The Kier molecular flexibility index (Phi) is 5.13. The molecule has 0 heterocycles. The molecule has 17 heavy (non-hydrogen) atoms. The monoisotopic (exact) mass is 238 g/mol. The number of carboxylic acid groups (broad SMARTS) is 1. The van der Waals surface area contributed by atoms with Gasteiger partial charge in [0, 0.05) is 12.2 Å². The van der Waals surface area contributed by atoms with Crippen LogP contribution in [0.15, 0.2) is 24.3 Å². The van der Waals surface area contributed by atoms with E-state index < -0.39 is 6.09 Å². The van der Waals surface area contributed by atoms with Crippen LogP contribution in [0.4, 0.5) is 10.5 Å². The normalized spacial score (nSPS) is 9.94. The quantitative estimate of drug-likeness (QED) is 0.743. The van der Waals surface area contributed by atoms with E-state index in [0.29, 0.717) is 31.1 Å². The van der Waals surface area contributed by atoms with Gasteiger partial charge in [0.25, 0.3) is 0 Å². The topological polar surface area (TPSA) is 75.8 Å². The van der Waals surface area contributed by atoms with Crippen LogP contribution in [0.1, 0.15) is 13.3 Å². The highest BCUT2D eigenvalue weighted by Gasteiger charge is 2.09. The van der Waals surface area contributed by atoms with E-state index in [4.69, 9.17) is 15.6 Å². The van der Waals surface area contributed by atoms with Crippen molar-refractivity contribution in [1.29, 1.82) is 0 Å². The molecule has 94 valence electrons. The summed E-state index contributed by atoms with van der Waals surface area (Å²) in [7, 11) is 0. The van der Waals surface area contributed by atoms with Crippen LogP contribution in [0.5, 0.6) is 5.75 Å². The third kappa shape index (κ3) is 4.63. The number of hydrogen-bond acceptors (Lipinski definition) is 3. The average Bonchev–Trinajstić information content (AvgIpc) is 2.30. The van der Waals surface area contributed by atoms with Gasteiger partial charge in [-0.15, -0.1) is 0 Å². The Balaban J connectivity index is 2.35. The predicted molar refractivity (Wildman–Crippen MR) is 66.2 cm³/mol. The van der Waals surface area contributed by atoms with E-state index in [1.165, 1.54) is 4.90 Å². The first-order valence-corrected chi connectivity index (χ1v) is 5.59. The molecule has 1 aromatic carbocycles. The van der Waals surface area contributed by atoms with E-state index in [1.54, 1.807) is 24.3 Å². The molecule has 3 N–H and O–H groups in total. The summed E-state index contributed by atoms with van der Waals surface area (Å²) >= 11 is 0. The zero-order valence-corrected chi connectivity index (χ0v) is 9.93. The van der Waals surface area contributed by atoms with Crippen molar-refractivity contribution >= 4 is 11.8 Å². The number of amides is 1. The summed E-state index contributed by atoms with van der Waals surface area (Å²) in [5, 5.41) is 8.89. The summed E-state index contributed by atoms with van der Waals surface area (Å²) < 4.78 is 5.43. The molecule has 0 aliphatic heterocycles. The lowest BCUT2D eigenvalue weighted by Gasteiger charge is -2.18. The van der Waals surface area contributed by atoms with Gasteiger partial charge in [-0.25, -0.2) is 4.79 Å². The molecule has 0 saturated carbocycles. The SMILES string of the molecule is CCCN(CCOc1ccc(N)cc1)C(=O)O. The molecule has 0 atom stereocenters. The first-order chi connectivity index (χ1) is 8.13. The molecule has 1 amide bonds. The van der Waals surface area contributed by atoms with Gasteiger partial charge >= 0.3 is 6.09 Å². The number of anilines is 1. The van der Waals surface area contributed by atoms with E-state index >= 15 is 0 Å². The fourth-order valence-electron chi connectivity index (χ4n) is 1.41. The molecular weight excluding hydrogens is 220 g/mol. The average molecular weight is 238 g/mol. The zero-order valence-electron chi connectivity index (χ0n) is 9.93. The molecule has 0 unspecified atom stereocenters. The van der Waals surface area contributed by atoms with Crippen LogP contribution in [0.3, 0.4) is 0 Å². The van der Waals surface area contributed by atoms with Crippen molar-refractivity contribution in [3.8, 4) is 5.75 Å². The molecule has 0 saturated heterocycles. The second-order valence-electron chi connectivity index (χ2n) is 3.69. The third-order valence-corrected chi connectivity index (χ3v) is 2.27. The predicted octanol–water partition coefficient (Wildman–Crippen LogP) is 2.04. The van der Waals surface area contributed by atoms with Crippen molar-refractivity contribution in [3.63, 3.8) is 0 Å². The zero-order chi connectivity index (χ0) is 12.7. The highest BCUT2D eigenvalue weighted by atomic mass is 16.5. The van der Waals surface area contributed by atoms with Gasteiger partial charge in [0.1, 0.15) is 12.4 Å². The minimum atomic E-state index is -0.909. The van der Waals surface area contributed by atoms with Crippen molar-refractivity contribution in [2.45, 2.75) is 13.3 Å². The van der Waals surface area contributed by atoms with E-state index in [-0.39, 0.29) is 0 Å². The fourth-order valence-corrected chi connectivity index (χ4v) is 1.41. The fraction of sp³-hybridized carbons (Fsp3) is 0.417. The largest absolute Gasteiger partial charge is 0.492 e. The lowest BCUT2D eigenvalue weighted by Crippen LogP contribution is -2.33. The number of nitrogens with two attached hydrogens (primary N) is 1. The lowest BCUT2D eigenvalue weighted by atomic mass is 10.3. The maximum absolute atomic E-state index is 10.8. The van der Waals surface area contributed by atoms with E-state index in [2.05, 4.69) is 0 Å². The first kappa shape index (κ1) is 13.2. The molecule has 0 radical (unpaired) electrons. The summed E-state index contributed by atoms with van der Waals surface area (Å²) in [6.07, 6.45) is -0.110. The summed E-state index contributed by atoms with van der Waals surface area (Å²) in [6.45, 7) is 3.18. The van der Waals surface area contributed by atoms with Crippen LogP contribution in [0, 0.1) is 0 Å². The van der Waals surface area contributed by atoms with Gasteiger partial charge in [-0.3, -0.25) is 0 Å². The lowest BCUT2D eigenvalue weighted by molar-refractivity contribution is 0.135. The van der Waals surface area contributed by atoms with Crippen LogP contribution in [0.2, 0.25) is 0 Å². The summed E-state index contributed by atoms with van der Waals surface area (Å²) in [6, 6.07) is 7.02. The van der Waals surface area contributed by atoms with E-state index in [0.717, 1.165) is 6.42 Å². The maximum atomic E-state index is 10.8. The Hall–Kier alpha value is -1.91. The summed E-state index contributed by atoms with van der Waals surface area (Å²) in [5.41, 5.74) is 6.22. The molecule has 0 aromatic heterocycles. The number of nitrogen functional groups attached to an aromatic ring is 1. The molecule has 1 aromatic rings. The molecule has 0 spiro atoms. The van der Waals surface area contributed by atoms with E-state index in [1.807, 2.05) is 6.92 Å². The van der Waals surface area contributed by atoms with Gasteiger partial charge in [-0.1, -0.05) is 6.92 Å². The Morgan fingerprint density at radius 1 is 1.35 bits per heavy atom. The Bertz CT molecular complexity index is 351. The second kappa shape index (κ2) is 6.62. The van der Waals surface area contributed by atoms with Crippen LogP contribution < -0.4 is 10.5 Å². The first-order valence-electron chi connectivity index (χ1n) is 5.59. The summed E-state index contributed by atoms with van der Waals surface area (Å²) in [5.74, 6) is 0.695. The van der Waals surface area contributed by atoms with Gasteiger partial charge < -0.3 is 20.5 Å². The van der Waals surface area contributed by atoms with Crippen LogP contribution >= 0.6 is 0 Å². The van der Waals surface area contributed by atoms with Crippen molar-refractivity contribution in [1.82, 2.24) is 4.90 Å². The molecular formula is C12H18N2O3. The molecule has 1 rings (SSSR count). The van der Waals surface area contributed by atoms with Gasteiger partial charge in [0.15, 0.2) is 0 Å². The molecule has 0 aliphatic rings. The Labute approximate surface area is 101 Å². The molecule has 5 nitrogen and oxygen atoms in total. The van der Waals surface area contributed by atoms with Crippen molar-refractivity contribution in [2.24, 2.45) is 0 Å². The van der Waals surface area contributed by atoms with Gasteiger partial charge in [0.2, 0.25) is 0 Å². The van der Waals surface area contributed by atoms with Crippen LogP contribution in [-0.4, -0.2) is 35.8 Å². The number of hydrogen-bond donors (Lipinski definition) is 2. The minimum absolute atomic E-state index is 0.343. The van der Waals surface area contributed by atoms with Crippen molar-refractivity contribution in [2.75, 3.05) is 25.4 Å². The van der Waals surface area contributed by atoms with Crippen LogP contribution in [-0.2, 0) is 0 Å². The van der Waals surface area contributed by atoms with Crippen molar-refractivity contribution < 1.29 is 14.6 Å². The number of ether oxygens (including phenoxy) is 1. The Morgan fingerprint density at radius 3 is 2.53 bits per heavy atom. The smallest absolute Gasteiger partial charge is 0.407 e. The minimum Gasteiger partial charge on any atom is -0.492 e. The maximum Gasteiger partial charge on any atom is 0.407 e. The molecule has 5 heteroatoms. The number of nitrogens with zero attached hydrogens (tertiary/aromatic N) is 1. The number of benzene rings is 1.